The Labute approximate surface area is 196 Å². The van der Waals surface area contributed by atoms with E-state index in [4.69, 9.17) is 0 Å². The van der Waals surface area contributed by atoms with Gasteiger partial charge in [0, 0.05) is 5.39 Å². The fourth-order valence-corrected chi connectivity index (χ4v) is 5.12. The Balaban J connectivity index is 1.48. The van der Waals surface area contributed by atoms with Crippen LogP contribution in [-0.2, 0) is 0 Å². The molecular weight excluding hydrogens is 447 g/mol. The van der Waals surface area contributed by atoms with Crippen LogP contribution in [0.4, 0.5) is 22.0 Å². The summed E-state index contributed by atoms with van der Waals surface area (Å²) < 4.78 is 69.6. The molecule has 0 spiro atoms. The van der Waals surface area contributed by atoms with Gasteiger partial charge in [-0.25, -0.2) is 8.78 Å². The van der Waals surface area contributed by atoms with E-state index in [9.17, 15) is 22.0 Å². The third-order valence-corrected chi connectivity index (χ3v) is 6.98. The number of rotatable bonds is 7. The van der Waals surface area contributed by atoms with Crippen molar-refractivity contribution >= 4 is 10.8 Å². The van der Waals surface area contributed by atoms with Crippen molar-refractivity contribution in [2.45, 2.75) is 70.6 Å². The van der Waals surface area contributed by atoms with Gasteiger partial charge in [-0.15, -0.1) is 13.2 Å². The minimum absolute atomic E-state index is 0.128. The molecule has 3 aromatic rings. The highest BCUT2D eigenvalue weighted by Crippen LogP contribution is 2.39. The van der Waals surface area contributed by atoms with Crippen LogP contribution < -0.4 is 4.74 Å². The van der Waals surface area contributed by atoms with Crippen LogP contribution in [-0.4, -0.2) is 6.36 Å². The summed E-state index contributed by atoms with van der Waals surface area (Å²) in [5.74, 6) is -2.78. The summed E-state index contributed by atoms with van der Waals surface area (Å²) in [4.78, 5) is 0. The molecule has 0 amide bonds. The third-order valence-electron chi connectivity index (χ3n) is 6.98. The lowest BCUT2D eigenvalue weighted by Gasteiger charge is -2.29. The minimum Gasteiger partial charge on any atom is -0.399 e. The molecule has 1 saturated carbocycles. The maximum absolute atomic E-state index is 14.5. The molecule has 1 aliphatic rings. The van der Waals surface area contributed by atoms with Crippen molar-refractivity contribution in [2.24, 2.45) is 5.92 Å². The van der Waals surface area contributed by atoms with Gasteiger partial charge in [0.25, 0.3) is 0 Å². The van der Waals surface area contributed by atoms with Gasteiger partial charge in [0.2, 0.25) is 5.75 Å². The van der Waals surface area contributed by atoms with Crippen LogP contribution in [0.5, 0.6) is 5.75 Å². The summed E-state index contributed by atoms with van der Waals surface area (Å²) >= 11 is 0. The molecular formula is C28H29F5O. The Bertz CT molecular complexity index is 1110. The minimum atomic E-state index is -5.18. The molecule has 0 aromatic heterocycles. The van der Waals surface area contributed by atoms with Crippen LogP contribution in [0.1, 0.15) is 69.8 Å². The fraction of sp³-hybridized carbons (Fsp3) is 0.429. The molecule has 0 unspecified atom stereocenters. The monoisotopic (exact) mass is 476 g/mol. The van der Waals surface area contributed by atoms with Crippen molar-refractivity contribution in [1.29, 1.82) is 0 Å². The highest BCUT2D eigenvalue weighted by molar-refractivity contribution is 5.89. The first-order valence-corrected chi connectivity index (χ1v) is 12.0. The number of unbranched alkanes of at least 4 members (excludes halogenated alkanes) is 2. The van der Waals surface area contributed by atoms with Crippen molar-refractivity contribution in [3.8, 4) is 16.9 Å². The lowest BCUT2D eigenvalue weighted by Crippen LogP contribution is -2.19. The molecule has 1 nitrogen and oxygen atoms in total. The lowest BCUT2D eigenvalue weighted by molar-refractivity contribution is -0.276. The molecule has 3 aromatic carbocycles. The van der Waals surface area contributed by atoms with E-state index >= 15 is 0 Å². The molecule has 0 N–H and O–H groups in total. The Kier molecular flexibility index (Phi) is 7.44. The van der Waals surface area contributed by atoms with Gasteiger partial charge in [0.15, 0.2) is 11.6 Å². The maximum Gasteiger partial charge on any atom is 0.573 e. The SMILES string of the molecule is CCCCCC1CCC(c2ccc(-c3ccc4c(F)c(OC(F)(F)F)c(F)cc4c3)cc2)CC1. The average Bonchev–Trinajstić information content (AvgIpc) is 2.82. The van der Waals surface area contributed by atoms with E-state index < -0.39 is 23.7 Å². The van der Waals surface area contributed by atoms with Gasteiger partial charge in [-0.1, -0.05) is 69.0 Å². The van der Waals surface area contributed by atoms with Crippen molar-refractivity contribution in [2.75, 3.05) is 0 Å². The van der Waals surface area contributed by atoms with E-state index in [1.807, 2.05) is 12.1 Å². The number of hydrogen-bond donors (Lipinski definition) is 0. The molecule has 1 fully saturated rings. The number of halogens is 5. The first-order chi connectivity index (χ1) is 16.2. The maximum atomic E-state index is 14.5. The van der Waals surface area contributed by atoms with Crippen LogP contribution in [0.15, 0.2) is 48.5 Å². The van der Waals surface area contributed by atoms with Crippen molar-refractivity contribution < 1.29 is 26.7 Å². The summed E-state index contributed by atoms with van der Waals surface area (Å²) in [6.07, 6.45) is 5.03. The largest absolute Gasteiger partial charge is 0.573 e. The second kappa shape index (κ2) is 10.3. The van der Waals surface area contributed by atoms with Crippen molar-refractivity contribution in [3.05, 3.63) is 65.7 Å². The number of alkyl halides is 3. The molecule has 34 heavy (non-hydrogen) atoms. The van der Waals surface area contributed by atoms with E-state index in [0.29, 0.717) is 5.92 Å². The van der Waals surface area contributed by atoms with Crippen LogP contribution in [0.3, 0.4) is 0 Å². The normalized spacial score (nSPS) is 18.9. The molecule has 0 radical (unpaired) electrons. The van der Waals surface area contributed by atoms with Gasteiger partial charge in [0.05, 0.1) is 0 Å². The van der Waals surface area contributed by atoms with Crippen LogP contribution in [0.25, 0.3) is 21.9 Å². The van der Waals surface area contributed by atoms with E-state index in [1.54, 1.807) is 12.1 Å². The molecule has 0 aliphatic heterocycles. The quantitative estimate of drug-likeness (QED) is 0.244. The highest BCUT2D eigenvalue weighted by Gasteiger charge is 2.34. The standard InChI is InChI=1S/C28H29F5O/c1-2-3-4-5-18-6-8-19(9-7-18)20-10-12-21(13-11-20)22-14-15-24-23(16-22)17-25(29)27(26(24)30)34-28(31,32)33/h10-19H,2-9H2,1H3. The Hall–Kier alpha value is -2.63. The predicted molar refractivity (Wildman–Crippen MR) is 125 cm³/mol. The van der Waals surface area contributed by atoms with Gasteiger partial charge in [-0.05, 0) is 71.7 Å². The van der Waals surface area contributed by atoms with E-state index in [0.717, 1.165) is 23.1 Å². The third kappa shape index (κ3) is 5.70. The van der Waals surface area contributed by atoms with Crippen molar-refractivity contribution in [3.63, 3.8) is 0 Å². The van der Waals surface area contributed by atoms with E-state index in [1.165, 1.54) is 63.0 Å². The fourth-order valence-electron chi connectivity index (χ4n) is 5.12. The summed E-state index contributed by atoms with van der Waals surface area (Å²) in [6, 6.07) is 13.7. The molecule has 0 atom stereocenters. The predicted octanol–water partition coefficient (Wildman–Crippen LogP) is 9.54. The topological polar surface area (TPSA) is 9.23 Å². The Morgan fingerprint density at radius 3 is 2.18 bits per heavy atom. The number of fused-ring (bicyclic) bond motifs is 1. The van der Waals surface area contributed by atoms with Crippen molar-refractivity contribution in [1.82, 2.24) is 0 Å². The first kappa shape index (κ1) is 24.5. The summed E-state index contributed by atoms with van der Waals surface area (Å²) in [6.45, 7) is 2.23. The van der Waals surface area contributed by atoms with Gasteiger partial charge < -0.3 is 4.74 Å². The molecule has 182 valence electrons. The second-order valence-corrected chi connectivity index (χ2v) is 9.32. The van der Waals surface area contributed by atoms with Gasteiger partial charge in [0.1, 0.15) is 0 Å². The summed E-state index contributed by atoms with van der Waals surface area (Å²) in [5.41, 5.74) is 2.93. The van der Waals surface area contributed by atoms with E-state index in [-0.39, 0.29) is 10.8 Å². The van der Waals surface area contributed by atoms with E-state index in [2.05, 4.69) is 23.8 Å². The smallest absolute Gasteiger partial charge is 0.399 e. The average molecular weight is 477 g/mol. The Morgan fingerprint density at radius 2 is 1.53 bits per heavy atom. The number of hydrogen-bond acceptors (Lipinski definition) is 1. The lowest BCUT2D eigenvalue weighted by atomic mass is 9.77. The zero-order chi connectivity index (χ0) is 24.3. The zero-order valence-electron chi connectivity index (χ0n) is 19.2. The van der Waals surface area contributed by atoms with Crippen LogP contribution >= 0.6 is 0 Å². The number of ether oxygens (including phenoxy) is 1. The molecule has 0 saturated heterocycles. The van der Waals surface area contributed by atoms with Gasteiger partial charge in [-0.2, -0.15) is 0 Å². The van der Waals surface area contributed by atoms with Gasteiger partial charge >= 0.3 is 6.36 Å². The Morgan fingerprint density at radius 1 is 0.853 bits per heavy atom. The molecule has 4 rings (SSSR count). The highest BCUT2D eigenvalue weighted by atomic mass is 19.4. The number of benzene rings is 3. The molecule has 6 heteroatoms. The molecule has 1 aliphatic carbocycles. The zero-order valence-corrected chi connectivity index (χ0v) is 19.2. The first-order valence-electron chi connectivity index (χ1n) is 12.0. The van der Waals surface area contributed by atoms with Crippen LogP contribution in [0.2, 0.25) is 0 Å². The van der Waals surface area contributed by atoms with Gasteiger partial charge in [-0.3, -0.25) is 0 Å². The van der Waals surface area contributed by atoms with Crippen LogP contribution in [0, 0.1) is 17.6 Å². The molecule has 0 bridgehead atoms. The summed E-state index contributed by atoms with van der Waals surface area (Å²) in [7, 11) is 0. The molecule has 0 heterocycles. The summed E-state index contributed by atoms with van der Waals surface area (Å²) in [5, 5.41) is 0.0456. The second-order valence-electron chi connectivity index (χ2n) is 9.32.